The molecule has 2 heterocycles. The van der Waals surface area contributed by atoms with Crippen molar-refractivity contribution in [3.63, 3.8) is 0 Å². The molecule has 7 heteroatoms. The van der Waals surface area contributed by atoms with Gasteiger partial charge in [0.05, 0.1) is 10.7 Å². The highest BCUT2D eigenvalue weighted by molar-refractivity contribution is 6.31. The Kier molecular flexibility index (Phi) is 4.34. The van der Waals surface area contributed by atoms with E-state index in [4.69, 9.17) is 11.6 Å². The smallest absolute Gasteiger partial charge is 0.224 e. The van der Waals surface area contributed by atoms with Crippen LogP contribution in [-0.4, -0.2) is 22.0 Å². The SMILES string of the molecule is CNc1nc(Nc2ccc(F)c(Cl)c2)cc(-c2cccnc2)n1. The fourth-order valence-electron chi connectivity index (χ4n) is 2.01. The Balaban J connectivity index is 1.97. The Hall–Kier alpha value is -2.73. The molecule has 3 rings (SSSR count). The molecule has 116 valence electrons. The molecule has 3 aromatic rings. The Labute approximate surface area is 137 Å². The molecule has 0 aliphatic carbocycles. The van der Waals surface area contributed by atoms with E-state index in [2.05, 4.69) is 25.6 Å². The van der Waals surface area contributed by atoms with Crippen LogP contribution in [-0.2, 0) is 0 Å². The van der Waals surface area contributed by atoms with Gasteiger partial charge in [-0.25, -0.2) is 9.37 Å². The summed E-state index contributed by atoms with van der Waals surface area (Å²) in [7, 11) is 1.74. The van der Waals surface area contributed by atoms with Crippen LogP contribution < -0.4 is 10.6 Å². The van der Waals surface area contributed by atoms with Gasteiger partial charge in [-0.2, -0.15) is 4.98 Å². The van der Waals surface area contributed by atoms with E-state index in [-0.39, 0.29) is 5.02 Å². The van der Waals surface area contributed by atoms with Crippen molar-refractivity contribution in [3.05, 3.63) is 59.6 Å². The summed E-state index contributed by atoms with van der Waals surface area (Å²) in [6.45, 7) is 0. The normalized spacial score (nSPS) is 10.4. The summed E-state index contributed by atoms with van der Waals surface area (Å²) in [5, 5.41) is 6.06. The highest BCUT2D eigenvalue weighted by atomic mass is 35.5. The van der Waals surface area contributed by atoms with Crippen molar-refractivity contribution in [2.24, 2.45) is 0 Å². The number of halogens is 2. The topological polar surface area (TPSA) is 62.7 Å². The van der Waals surface area contributed by atoms with E-state index in [1.54, 1.807) is 31.6 Å². The van der Waals surface area contributed by atoms with Crippen molar-refractivity contribution in [3.8, 4) is 11.3 Å². The van der Waals surface area contributed by atoms with Crippen molar-refractivity contribution in [2.75, 3.05) is 17.7 Å². The van der Waals surface area contributed by atoms with E-state index < -0.39 is 5.82 Å². The molecular weight excluding hydrogens is 317 g/mol. The third-order valence-electron chi connectivity index (χ3n) is 3.10. The third kappa shape index (κ3) is 3.54. The zero-order valence-corrected chi connectivity index (χ0v) is 13.0. The molecule has 1 aromatic carbocycles. The fraction of sp³-hybridized carbons (Fsp3) is 0.0625. The lowest BCUT2D eigenvalue weighted by Crippen LogP contribution is -2.02. The predicted molar refractivity (Wildman–Crippen MR) is 89.5 cm³/mol. The number of aromatic nitrogens is 3. The largest absolute Gasteiger partial charge is 0.357 e. The molecule has 2 aromatic heterocycles. The first-order valence-corrected chi connectivity index (χ1v) is 7.23. The summed E-state index contributed by atoms with van der Waals surface area (Å²) in [5.74, 6) is 0.555. The monoisotopic (exact) mass is 329 g/mol. The number of nitrogens with zero attached hydrogens (tertiary/aromatic N) is 3. The summed E-state index contributed by atoms with van der Waals surface area (Å²) >= 11 is 5.80. The first-order valence-electron chi connectivity index (χ1n) is 6.85. The van der Waals surface area contributed by atoms with Gasteiger partial charge in [-0.3, -0.25) is 4.98 Å². The van der Waals surface area contributed by atoms with Gasteiger partial charge in [0.1, 0.15) is 11.6 Å². The molecule has 23 heavy (non-hydrogen) atoms. The summed E-state index contributed by atoms with van der Waals surface area (Å²) in [5.41, 5.74) is 2.22. The second-order valence-electron chi connectivity index (χ2n) is 4.71. The zero-order chi connectivity index (χ0) is 16.2. The van der Waals surface area contributed by atoms with Gasteiger partial charge in [-0.15, -0.1) is 0 Å². The quantitative estimate of drug-likeness (QED) is 0.754. The molecule has 0 unspecified atom stereocenters. The summed E-state index contributed by atoms with van der Waals surface area (Å²) in [4.78, 5) is 12.8. The Bertz CT molecular complexity index is 826. The van der Waals surface area contributed by atoms with E-state index >= 15 is 0 Å². The molecule has 0 spiro atoms. The van der Waals surface area contributed by atoms with Crippen molar-refractivity contribution >= 4 is 29.1 Å². The Morgan fingerprint density at radius 2 is 2.00 bits per heavy atom. The number of hydrogen-bond acceptors (Lipinski definition) is 5. The summed E-state index contributed by atoms with van der Waals surface area (Å²) in [6, 6.07) is 9.92. The van der Waals surface area contributed by atoms with Gasteiger partial charge in [0.2, 0.25) is 5.95 Å². The molecule has 0 saturated heterocycles. The minimum absolute atomic E-state index is 0.0466. The van der Waals surface area contributed by atoms with Crippen LogP contribution in [0.1, 0.15) is 0 Å². The molecule has 0 amide bonds. The van der Waals surface area contributed by atoms with E-state index in [9.17, 15) is 4.39 Å². The van der Waals surface area contributed by atoms with Crippen molar-refractivity contribution in [1.29, 1.82) is 0 Å². The lowest BCUT2D eigenvalue weighted by atomic mass is 10.2. The summed E-state index contributed by atoms with van der Waals surface area (Å²) < 4.78 is 13.2. The van der Waals surface area contributed by atoms with Crippen LogP contribution in [0.4, 0.5) is 21.8 Å². The number of rotatable bonds is 4. The van der Waals surface area contributed by atoms with Gasteiger partial charge in [0.25, 0.3) is 0 Å². The van der Waals surface area contributed by atoms with E-state index in [0.29, 0.717) is 23.1 Å². The Morgan fingerprint density at radius 3 is 2.70 bits per heavy atom. The number of benzene rings is 1. The highest BCUT2D eigenvalue weighted by Crippen LogP contribution is 2.25. The third-order valence-corrected chi connectivity index (χ3v) is 3.39. The number of nitrogens with one attached hydrogen (secondary N) is 2. The fourth-order valence-corrected chi connectivity index (χ4v) is 2.19. The second-order valence-corrected chi connectivity index (χ2v) is 5.11. The second kappa shape index (κ2) is 6.58. The van der Waals surface area contributed by atoms with Crippen molar-refractivity contribution < 1.29 is 4.39 Å². The molecular formula is C16H13ClFN5. The minimum Gasteiger partial charge on any atom is -0.357 e. The molecule has 2 N–H and O–H groups in total. The van der Waals surface area contributed by atoms with Crippen molar-refractivity contribution in [1.82, 2.24) is 15.0 Å². The van der Waals surface area contributed by atoms with Gasteiger partial charge in [0, 0.05) is 36.8 Å². The standard InChI is InChI=1S/C16H13ClFN5/c1-19-16-22-14(10-3-2-6-20-9-10)8-15(23-16)21-11-4-5-13(18)12(17)7-11/h2-9H,1H3,(H2,19,21,22,23). The lowest BCUT2D eigenvalue weighted by Gasteiger charge is -2.10. The van der Waals surface area contributed by atoms with Gasteiger partial charge < -0.3 is 10.6 Å². The molecule has 0 aliphatic heterocycles. The molecule has 0 bridgehead atoms. The number of anilines is 3. The van der Waals surface area contributed by atoms with Gasteiger partial charge >= 0.3 is 0 Å². The van der Waals surface area contributed by atoms with Crippen LogP contribution in [0.15, 0.2) is 48.8 Å². The maximum Gasteiger partial charge on any atom is 0.224 e. The molecule has 0 radical (unpaired) electrons. The maximum atomic E-state index is 13.2. The van der Waals surface area contributed by atoms with E-state index in [1.165, 1.54) is 12.1 Å². The van der Waals surface area contributed by atoms with Gasteiger partial charge in [-0.05, 0) is 30.3 Å². The highest BCUT2D eigenvalue weighted by Gasteiger charge is 2.07. The first kappa shape index (κ1) is 15.2. The van der Waals surface area contributed by atoms with E-state index in [0.717, 1.165) is 5.56 Å². The van der Waals surface area contributed by atoms with Crippen molar-refractivity contribution in [2.45, 2.75) is 0 Å². The van der Waals surface area contributed by atoms with Gasteiger partial charge in [0.15, 0.2) is 0 Å². The Morgan fingerprint density at radius 1 is 1.13 bits per heavy atom. The summed E-state index contributed by atoms with van der Waals surface area (Å²) in [6.07, 6.45) is 3.42. The lowest BCUT2D eigenvalue weighted by molar-refractivity contribution is 0.628. The molecule has 0 saturated carbocycles. The predicted octanol–water partition coefficient (Wildman–Crippen LogP) is 4.12. The zero-order valence-electron chi connectivity index (χ0n) is 12.2. The molecule has 0 aliphatic rings. The van der Waals surface area contributed by atoms with E-state index in [1.807, 2.05) is 12.1 Å². The van der Waals surface area contributed by atoms with Crippen LogP contribution in [0.2, 0.25) is 5.02 Å². The van der Waals surface area contributed by atoms with Gasteiger partial charge in [-0.1, -0.05) is 11.6 Å². The number of pyridine rings is 1. The molecule has 5 nitrogen and oxygen atoms in total. The molecule has 0 atom stereocenters. The first-order chi connectivity index (χ1) is 11.2. The average Bonchev–Trinajstić information content (AvgIpc) is 2.58. The maximum absolute atomic E-state index is 13.2. The van der Waals surface area contributed by atoms with Crippen LogP contribution in [0.3, 0.4) is 0 Å². The molecule has 0 fully saturated rings. The van der Waals surface area contributed by atoms with Crippen LogP contribution >= 0.6 is 11.6 Å². The van der Waals surface area contributed by atoms with Crippen LogP contribution in [0, 0.1) is 5.82 Å². The minimum atomic E-state index is -0.466. The van der Waals surface area contributed by atoms with Crippen LogP contribution in [0.25, 0.3) is 11.3 Å². The number of hydrogen-bond donors (Lipinski definition) is 2. The average molecular weight is 330 g/mol. The van der Waals surface area contributed by atoms with Crippen LogP contribution in [0.5, 0.6) is 0 Å².